The van der Waals surface area contributed by atoms with E-state index >= 15 is 0 Å². The monoisotopic (exact) mass is 353 g/mol. The number of halogens is 2. The van der Waals surface area contributed by atoms with E-state index < -0.39 is 16.7 Å². The first-order chi connectivity index (χ1) is 10.9. The van der Waals surface area contributed by atoms with E-state index in [1.165, 1.54) is 30.3 Å². The zero-order valence-corrected chi connectivity index (χ0v) is 12.9. The van der Waals surface area contributed by atoms with Crippen LogP contribution >= 0.6 is 23.2 Å². The highest BCUT2D eigenvalue weighted by atomic mass is 35.5. The number of hydrogen-bond acceptors (Lipinski definition) is 4. The zero-order chi connectivity index (χ0) is 17.0. The highest BCUT2D eigenvalue weighted by Crippen LogP contribution is 2.22. The molecule has 118 valence electrons. The molecule has 0 unspecified atom stereocenters. The Balaban J connectivity index is 2.03. The number of non-ortho nitro benzene ring substituents is 1. The average molecular weight is 354 g/mol. The summed E-state index contributed by atoms with van der Waals surface area (Å²) in [5.41, 5.74) is 4.43. The van der Waals surface area contributed by atoms with Gasteiger partial charge < -0.3 is 0 Å². The first-order valence-corrected chi connectivity index (χ1v) is 6.94. The van der Waals surface area contributed by atoms with Gasteiger partial charge in [-0.05, 0) is 30.3 Å². The smallest absolute Gasteiger partial charge is 0.267 e. The minimum Gasteiger partial charge on any atom is -0.267 e. The van der Waals surface area contributed by atoms with E-state index in [9.17, 15) is 19.7 Å². The molecule has 0 spiro atoms. The number of rotatable bonds is 3. The fourth-order valence-electron chi connectivity index (χ4n) is 1.66. The van der Waals surface area contributed by atoms with Crippen molar-refractivity contribution in [1.29, 1.82) is 0 Å². The molecule has 2 rings (SSSR count). The summed E-state index contributed by atoms with van der Waals surface area (Å²) < 4.78 is 0. The third-order valence-electron chi connectivity index (χ3n) is 2.80. The van der Waals surface area contributed by atoms with E-state index in [0.717, 1.165) is 12.1 Å². The lowest BCUT2D eigenvalue weighted by Gasteiger charge is -2.08. The van der Waals surface area contributed by atoms with Crippen molar-refractivity contribution in [1.82, 2.24) is 10.9 Å². The molecule has 7 nitrogen and oxygen atoms in total. The quantitative estimate of drug-likeness (QED) is 0.654. The number of carbonyl (C=O) groups is 2. The van der Waals surface area contributed by atoms with Gasteiger partial charge in [0.1, 0.15) is 0 Å². The second-order valence-electron chi connectivity index (χ2n) is 4.34. The Labute approximate surface area is 140 Å². The maximum atomic E-state index is 11.9. The molecule has 0 aliphatic heterocycles. The summed E-state index contributed by atoms with van der Waals surface area (Å²) in [6, 6.07) is 9.44. The van der Waals surface area contributed by atoms with Crippen molar-refractivity contribution in [2.45, 2.75) is 0 Å². The molecule has 0 heterocycles. The van der Waals surface area contributed by atoms with Crippen LogP contribution in [0.4, 0.5) is 5.69 Å². The topological polar surface area (TPSA) is 101 Å². The predicted molar refractivity (Wildman–Crippen MR) is 84.5 cm³/mol. The molecule has 0 aliphatic carbocycles. The van der Waals surface area contributed by atoms with Crippen LogP contribution < -0.4 is 10.9 Å². The third-order valence-corrected chi connectivity index (χ3v) is 3.37. The van der Waals surface area contributed by atoms with E-state index in [-0.39, 0.29) is 16.3 Å². The molecule has 0 bridgehead atoms. The van der Waals surface area contributed by atoms with E-state index in [1.807, 2.05) is 0 Å². The summed E-state index contributed by atoms with van der Waals surface area (Å²) in [5, 5.41) is 11.0. The van der Waals surface area contributed by atoms with Crippen LogP contribution in [0.25, 0.3) is 0 Å². The van der Waals surface area contributed by atoms with Crippen LogP contribution in [0, 0.1) is 10.1 Å². The van der Waals surface area contributed by atoms with Crippen LogP contribution in [-0.2, 0) is 0 Å². The minimum absolute atomic E-state index is 0.00586. The first-order valence-electron chi connectivity index (χ1n) is 6.18. The fraction of sp³-hybridized carbons (Fsp3) is 0. The van der Waals surface area contributed by atoms with Crippen molar-refractivity contribution in [3.8, 4) is 0 Å². The standard InChI is InChI=1S/C14H9Cl2N3O4/c15-9-3-1-8(2-4-9)13(20)17-18-14(21)11-6-5-10(19(22)23)7-12(11)16/h1-7H,(H,17,20)(H,18,21). The van der Waals surface area contributed by atoms with Gasteiger partial charge >= 0.3 is 0 Å². The van der Waals surface area contributed by atoms with Gasteiger partial charge in [0.2, 0.25) is 0 Å². The summed E-state index contributed by atoms with van der Waals surface area (Å²) in [6.45, 7) is 0. The van der Waals surface area contributed by atoms with Crippen LogP contribution in [-0.4, -0.2) is 16.7 Å². The van der Waals surface area contributed by atoms with Gasteiger partial charge in [-0.2, -0.15) is 0 Å². The molecular formula is C14H9Cl2N3O4. The molecule has 0 saturated heterocycles. The number of carbonyl (C=O) groups excluding carboxylic acids is 2. The Hall–Kier alpha value is -2.64. The summed E-state index contributed by atoms with van der Waals surface area (Å²) in [5.74, 6) is -1.25. The number of amides is 2. The second-order valence-corrected chi connectivity index (χ2v) is 5.18. The summed E-state index contributed by atoms with van der Waals surface area (Å²) in [4.78, 5) is 33.7. The van der Waals surface area contributed by atoms with Gasteiger partial charge in [-0.1, -0.05) is 23.2 Å². The van der Waals surface area contributed by atoms with Gasteiger partial charge in [0.15, 0.2) is 0 Å². The number of nitrogens with one attached hydrogen (secondary N) is 2. The van der Waals surface area contributed by atoms with Crippen molar-refractivity contribution < 1.29 is 14.5 Å². The normalized spacial score (nSPS) is 10.0. The number of benzene rings is 2. The maximum absolute atomic E-state index is 11.9. The van der Waals surface area contributed by atoms with Crippen molar-refractivity contribution in [2.24, 2.45) is 0 Å². The molecule has 2 N–H and O–H groups in total. The van der Waals surface area contributed by atoms with Gasteiger partial charge in [-0.3, -0.25) is 30.6 Å². The molecule has 0 aliphatic rings. The summed E-state index contributed by atoms with van der Waals surface area (Å²) in [7, 11) is 0. The number of nitrogens with zero attached hydrogens (tertiary/aromatic N) is 1. The van der Waals surface area contributed by atoms with Crippen LogP contribution in [0.1, 0.15) is 20.7 Å². The van der Waals surface area contributed by atoms with Crippen LogP contribution in [0.15, 0.2) is 42.5 Å². The Morgan fingerprint density at radius 2 is 1.57 bits per heavy atom. The number of hydrazine groups is 1. The Morgan fingerprint density at radius 1 is 0.957 bits per heavy atom. The van der Waals surface area contributed by atoms with Gasteiger partial charge in [0.05, 0.1) is 15.5 Å². The minimum atomic E-state index is -0.702. The largest absolute Gasteiger partial charge is 0.271 e. The van der Waals surface area contributed by atoms with Crippen LogP contribution in [0.3, 0.4) is 0 Å². The summed E-state index contributed by atoms with van der Waals surface area (Å²) >= 11 is 11.5. The molecule has 0 radical (unpaired) electrons. The number of hydrogen-bond donors (Lipinski definition) is 2. The van der Waals surface area contributed by atoms with Crippen molar-refractivity contribution in [3.05, 3.63) is 73.8 Å². The van der Waals surface area contributed by atoms with Crippen LogP contribution in [0.5, 0.6) is 0 Å². The Morgan fingerprint density at radius 3 is 2.13 bits per heavy atom. The third kappa shape index (κ3) is 4.18. The first kappa shape index (κ1) is 16.7. The van der Waals surface area contributed by atoms with Crippen molar-refractivity contribution in [2.75, 3.05) is 0 Å². The highest BCUT2D eigenvalue weighted by molar-refractivity contribution is 6.34. The van der Waals surface area contributed by atoms with Crippen LogP contribution in [0.2, 0.25) is 10.0 Å². The molecule has 23 heavy (non-hydrogen) atoms. The lowest BCUT2D eigenvalue weighted by atomic mass is 10.2. The molecule has 9 heteroatoms. The SMILES string of the molecule is O=C(NNC(=O)c1ccc([N+](=O)[O-])cc1Cl)c1ccc(Cl)cc1. The zero-order valence-electron chi connectivity index (χ0n) is 11.4. The molecule has 2 aromatic rings. The van der Waals surface area contributed by atoms with Gasteiger partial charge in [0.25, 0.3) is 17.5 Å². The van der Waals surface area contributed by atoms with Gasteiger partial charge in [-0.25, -0.2) is 0 Å². The van der Waals surface area contributed by atoms with Gasteiger partial charge in [0, 0.05) is 22.7 Å². The van der Waals surface area contributed by atoms with Gasteiger partial charge in [-0.15, -0.1) is 0 Å². The van der Waals surface area contributed by atoms with E-state index in [2.05, 4.69) is 10.9 Å². The number of nitro groups is 1. The van der Waals surface area contributed by atoms with Crippen molar-refractivity contribution in [3.63, 3.8) is 0 Å². The highest BCUT2D eigenvalue weighted by Gasteiger charge is 2.15. The van der Waals surface area contributed by atoms with E-state index in [1.54, 1.807) is 0 Å². The Bertz CT molecular complexity index is 778. The molecule has 0 fully saturated rings. The molecule has 2 amide bonds. The lowest BCUT2D eigenvalue weighted by molar-refractivity contribution is -0.384. The molecule has 0 atom stereocenters. The predicted octanol–water partition coefficient (Wildman–Crippen LogP) is 2.98. The second kappa shape index (κ2) is 7.08. The lowest BCUT2D eigenvalue weighted by Crippen LogP contribution is -2.41. The molecule has 0 saturated carbocycles. The molecule has 2 aromatic carbocycles. The fourth-order valence-corrected chi connectivity index (χ4v) is 2.04. The number of nitro benzene ring substituents is 1. The maximum Gasteiger partial charge on any atom is 0.271 e. The van der Waals surface area contributed by atoms with Crippen molar-refractivity contribution >= 4 is 40.7 Å². The van der Waals surface area contributed by atoms with E-state index in [0.29, 0.717) is 10.6 Å². The Kier molecular flexibility index (Phi) is 5.15. The van der Waals surface area contributed by atoms with E-state index in [4.69, 9.17) is 23.2 Å². The molecule has 0 aromatic heterocycles. The average Bonchev–Trinajstić information content (AvgIpc) is 2.52. The summed E-state index contributed by atoms with van der Waals surface area (Å²) in [6.07, 6.45) is 0. The molecular weight excluding hydrogens is 345 g/mol.